The van der Waals surface area contributed by atoms with Crippen LogP contribution in [-0.2, 0) is 6.54 Å². The lowest BCUT2D eigenvalue weighted by Gasteiger charge is -2.23. The quantitative estimate of drug-likeness (QED) is 0.754. The van der Waals surface area contributed by atoms with Crippen molar-refractivity contribution in [1.82, 2.24) is 4.98 Å². The number of carbonyl (C=O) groups is 1. The minimum atomic E-state index is 0.0838. The summed E-state index contributed by atoms with van der Waals surface area (Å²) in [6.07, 6.45) is 6.39. The molecular weight excluding hydrogens is 252 g/mol. The Bertz CT molecular complexity index is 571. The molecule has 0 atom stereocenters. The molecule has 1 aliphatic rings. The highest BCUT2D eigenvalue weighted by Crippen LogP contribution is 2.32. The summed E-state index contributed by atoms with van der Waals surface area (Å²) in [5, 5.41) is 0. The van der Waals surface area contributed by atoms with E-state index in [1.807, 2.05) is 31.2 Å². The van der Waals surface area contributed by atoms with Crippen LogP contribution in [0, 0.1) is 0 Å². The zero-order chi connectivity index (χ0) is 13.9. The van der Waals surface area contributed by atoms with Crippen molar-refractivity contribution in [2.24, 2.45) is 0 Å². The Morgan fingerprint density at radius 1 is 1.40 bits per heavy atom. The third kappa shape index (κ3) is 2.74. The van der Waals surface area contributed by atoms with Crippen LogP contribution in [0.5, 0.6) is 0 Å². The summed E-state index contributed by atoms with van der Waals surface area (Å²) in [6.45, 7) is 2.60. The average molecular weight is 270 g/mol. The van der Waals surface area contributed by atoms with E-state index in [2.05, 4.69) is 9.88 Å². The van der Waals surface area contributed by atoms with Crippen molar-refractivity contribution in [2.45, 2.75) is 38.8 Å². The smallest absolute Gasteiger partial charge is 0.180 e. The van der Waals surface area contributed by atoms with Crippen LogP contribution in [0.15, 0.2) is 41.1 Å². The van der Waals surface area contributed by atoms with Crippen LogP contribution < -0.4 is 4.90 Å². The summed E-state index contributed by atoms with van der Waals surface area (Å²) in [4.78, 5) is 18.2. The van der Waals surface area contributed by atoms with Crippen molar-refractivity contribution < 1.29 is 9.21 Å². The Balaban J connectivity index is 1.79. The Morgan fingerprint density at radius 3 is 2.80 bits per heavy atom. The van der Waals surface area contributed by atoms with Gasteiger partial charge < -0.3 is 9.32 Å². The molecule has 104 valence electrons. The van der Waals surface area contributed by atoms with Gasteiger partial charge in [0.25, 0.3) is 0 Å². The minimum absolute atomic E-state index is 0.0838. The van der Waals surface area contributed by atoms with Gasteiger partial charge in [0.05, 0.1) is 24.7 Å². The van der Waals surface area contributed by atoms with Crippen molar-refractivity contribution in [2.75, 3.05) is 4.90 Å². The first-order valence-corrected chi connectivity index (χ1v) is 7.06. The van der Waals surface area contributed by atoms with Crippen molar-refractivity contribution in [3.05, 3.63) is 48.2 Å². The predicted octanol–water partition coefficient (Wildman–Crippen LogP) is 3.44. The topological polar surface area (TPSA) is 46.3 Å². The predicted molar refractivity (Wildman–Crippen MR) is 76.8 cm³/mol. The summed E-state index contributed by atoms with van der Waals surface area (Å²) < 4.78 is 5.43. The molecule has 0 amide bonds. The third-order valence-electron chi connectivity index (χ3n) is 3.58. The molecule has 0 bridgehead atoms. The van der Waals surface area contributed by atoms with Gasteiger partial charge >= 0.3 is 0 Å². The van der Waals surface area contributed by atoms with Gasteiger partial charge in [-0.25, -0.2) is 0 Å². The fourth-order valence-corrected chi connectivity index (χ4v) is 2.29. The molecule has 0 saturated heterocycles. The summed E-state index contributed by atoms with van der Waals surface area (Å²) in [6, 6.07) is 8.25. The van der Waals surface area contributed by atoms with Gasteiger partial charge in [-0.15, -0.1) is 0 Å². The van der Waals surface area contributed by atoms with Gasteiger partial charge in [-0.05, 0) is 37.1 Å². The molecule has 4 heteroatoms. The lowest BCUT2D eigenvalue weighted by atomic mass is 10.2. The van der Waals surface area contributed by atoms with E-state index in [1.54, 1.807) is 12.5 Å². The van der Waals surface area contributed by atoms with Gasteiger partial charge in [-0.2, -0.15) is 0 Å². The number of ketones is 1. The molecule has 0 spiro atoms. The van der Waals surface area contributed by atoms with E-state index in [4.69, 9.17) is 4.42 Å². The average Bonchev–Trinajstić information content (AvgIpc) is 3.21. The van der Waals surface area contributed by atoms with Crippen molar-refractivity contribution in [3.8, 4) is 0 Å². The van der Waals surface area contributed by atoms with E-state index < -0.39 is 0 Å². The minimum Gasteiger partial charge on any atom is -0.467 e. The van der Waals surface area contributed by atoms with E-state index >= 15 is 0 Å². The van der Waals surface area contributed by atoms with E-state index in [0.29, 0.717) is 18.2 Å². The highest BCUT2D eigenvalue weighted by atomic mass is 16.3. The first kappa shape index (κ1) is 12.9. The molecule has 2 aromatic rings. The van der Waals surface area contributed by atoms with Crippen LogP contribution in [0.25, 0.3) is 0 Å². The molecule has 1 aliphatic carbocycles. The second kappa shape index (κ2) is 5.49. The SMILES string of the molecule is CCC(=O)c1ccc(N(Cc2ccco2)C2CC2)cn1. The van der Waals surface area contributed by atoms with E-state index in [0.717, 1.165) is 18.0 Å². The van der Waals surface area contributed by atoms with Gasteiger partial charge in [-0.3, -0.25) is 9.78 Å². The highest BCUT2D eigenvalue weighted by Gasteiger charge is 2.30. The fraction of sp³-hybridized carbons (Fsp3) is 0.375. The fourth-order valence-electron chi connectivity index (χ4n) is 2.29. The maximum atomic E-state index is 11.6. The van der Waals surface area contributed by atoms with Gasteiger partial charge in [0.1, 0.15) is 11.5 Å². The van der Waals surface area contributed by atoms with Crippen molar-refractivity contribution in [3.63, 3.8) is 0 Å². The van der Waals surface area contributed by atoms with E-state index in [9.17, 15) is 4.79 Å². The maximum absolute atomic E-state index is 11.6. The summed E-state index contributed by atoms with van der Waals surface area (Å²) in [5.41, 5.74) is 1.60. The maximum Gasteiger partial charge on any atom is 0.180 e. The van der Waals surface area contributed by atoms with Crippen molar-refractivity contribution in [1.29, 1.82) is 0 Å². The van der Waals surface area contributed by atoms with Crippen LogP contribution in [-0.4, -0.2) is 16.8 Å². The van der Waals surface area contributed by atoms with Crippen LogP contribution in [0.3, 0.4) is 0 Å². The van der Waals surface area contributed by atoms with Crippen LogP contribution in [0.1, 0.15) is 42.4 Å². The summed E-state index contributed by atoms with van der Waals surface area (Å²) >= 11 is 0. The number of pyridine rings is 1. The summed E-state index contributed by atoms with van der Waals surface area (Å²) in [5.74, 6) is 1.03. The Hall–Kier alpha value is -2.10. The molecule has 0 aliphatic heterocycles. The Labute approximate surface area is 118 Å². The van der Waals surface area contributed by atoms with Crippen LogP contribution >= 0.6 is 0 Å². The number of nitrogens with zero attached hydrogens (tertiary/aromatic N) is 2. The molecule has 0 unspecified atom stereocenters. The number of hydrogen-bond acceptors (Lipinski definition) is 4. The van der Waals surface area contributed by atoms with Gasteiger partial charge in [0, 0.05) is 12.5 Å². The number of aromatic nitrogens is 1. The van der Waals surface area contributed by atoms with Crippen LogP contribution in [0.2, 0.25) is 0 Å². The Morgan fingerprint density at radius 2 is 2.25 bits per heavy atom. The second-order valence-electron chi connectivity index (χ2n) is 5.12. The molecule has 3 rings (SSSR count). The number of carbonyl (C=O) groups excluding carboxylic acids is 1. The van der Waals surface area contributed by atoms with Crippen LogP contribution in [0.4, 0.5) is 5.69 Å². The largest absolute Gasteiger partial charge is 0.467 e. The molecule has 0 radical (unpaired) electrons. The molecule has 1 saturated carbocycles. The number of anilines is 1. The standard InChI is InChI=1S/C16H18N2O2/c1-2-16(19)15-8-7-13(10-17-15)18(12-5-6-12)11-14-4-3-9-20-14/h3-4,7-10,12H,2,5-6,11H2,1H3. The first-order valence-electron chi connectivity index (χ1n) is 7.06. The van der Waals surface area contributed by atoms with Crippen molar-refractivity contribution >= 4 is 11.5 Å². The zero-order valence-electron chi connectivity index (χ0n) is 11.6. The normalized spacial score (nSPS) is 14.2. The number of rotatable bonds is 6. The zero-order valence-corrected chi connectivity index (χ0v) is 11.6. The monoisotopic (exact) mass is 270 g/mol. The summed E-state index contributed by atoms with van der Waals surface area (Å²) in [7, 11) is 0. The molecule has 20 heavy (non-hydrogen) atoms. The van der Waals surface area contributed by atoms with Gasteiger partial charge in [0.2, 0.25) is 0 Å². The van der Waals surface area contributed by atoms with Gasteiger partial charge in [-0.1, -0.05) is 6.92 Å². The lowest BCUT2D eigenvalue weighted by molar-refractivity contribution is 0.0983. The van der Waals surface area contributed by atoms with E-state index in [1.165, 1.54) is 12.8 Å². The third-order valence-corrected chi connectivity index (χ3v) is 3.58. The van der Waals surface area contributed by atoms with E-state index in [-0.39, 0.29) is 5.78 Å². The number of Topliss-reactive ketones (excluding diaryl/α,β-unsaturated/α-hetero) is 1. The molecular formula is C16H18N2O2. The molecule has 0 aromatic carbocycles. The highest BCUT2D eigenvalue weighted by molar-refractivity contribution is 5.94. The van der Waals surface area contributed by atoms with Gasteiger partial charge in [0.15, 0.2) is 5.78 Å². The Kier molecular flexibility index (Phi) is 3.54. The first-order chi connectivity index (χ1) is 9.78. The lowest BCUT2D eigenvalue weighted by Crippen LogP contribution is -2.25. The second-order valence-corrected chi connectivity index (χ2v) is 5.12. The molecule has 2 heterocycles. The number of furan rings is 1. The molecule has 0 N–H and O–H groups in total. The molecule has 1 fully saturated rings. The molecule has 4 nitrogen and oxygen atoms in total. The molecule has 2 aromatic heterocycles. The number of hydrogen-bond donors (Lipinski definition) is 0.